The summed E-state index contributed by atoms with van der Waals surface area (Å²) in [6, 6.07) is 0. The first-order valence-electron chi connectivity index (χ1n) is 4.78. The van der Waals surface area contributed by atoms with Crippen molar-refractivity contribution in [1.29, 1.82) is 0 Å². The number of fused-ring (bicyclic) bond motifs is 1. The standard InChI is InChI=1S/C10H16/c1-6-3-4-8-9-5-7(2)10(6,8)9/h6-9H,3-5H2,1-2H3/t6?,7?,8-,9?,10?/m1/s1. The van der Waals surface area contributed by atoms with E-state index in [1.54, 1.807) is 12.8 Å². The molecule has 5 atom stereocenters. The van der Waals surface area contributed by atoms with Gasteiger partial charge in [0.1, 0.15) is 0 Å². The molecule has 0 aromatic heterocycles. The lowest BCUT2D eigenvalue weighted by Gasteiger charge is -2.37. The summed E-state index contributed by atoms with van der Waals surface area (Å²) in [5.74, 6) is 4.55. The van der Waals surface area contributed by atoms with E-state index in [2.05, 4.69) is 13.8 Å². The molecule has 56 valence electrons. The van der Waals surface area contributed by atoms with Crippen molar-refractivity contribution in [2.45, 2.75) is 33.1 Å². The average molecular weight is 136 g/mol. The molecule has 3 aliphatic carbocycles. The van der Waals surface area contributed by atoms with Crippen LogP contribution in [0.25, 0.3) is 0 Å². The fraction of sp³-hybridized carbons (Fsp3) is 1.00. The molecule has 0 aromatic carbocycles. The maximum Gasteiger partial charge on any atom is -0.0184 e. The van der Waals surface area contributed by atoms with Crippen LogP contribution in [0, 0.1) is 29.1 Å². The lowest BCUT2D eigenvalue weighted by Crippen LogP contribution is -2.31. The molecule has 0 bridgehead atoms. The molecule has 3 fully saturated rings. The zero-order valence-corrected chi connectivity index (χ0v) is 6.93. The van der Waals surface area contributed by atoms with Crippen molar-refractivity contribution in [1.82, 2.24) is 0 Å². The van der Waals surface area contributed by atoms with Gasteiger partial charge in [-0.25, -0.2) is 0 Å². The molecule has 3 aliphatic rings. The molecular formula is C10H16. The minimum atomic E-state index is 0.917. The molecule has 0 heterocycles. The van der Waals surface area contributed by atoms with Crippen LogP contribution in [0.15, 0.2) is 0 Å². The molecule has 3 rings (SSSR count). The van der Waals surface area contributed by atoms with Crippen molar-refractivity contribution in [3.05, 3.63) is 0 Å². The summed E-state index contributed by atoms with van der Waals surface area (Å²) in [7, 11) is 0. The highest BCUT2D eigenvalue weighted by atomic mass is 14.8. The fourth-order valence-electron chi connectivity index (χ4n) is 4.46. The minimum Gasteiger partial charge on any atom is -0.0619 e. The number of rotatable bonds is 0. The Morgan fingerprint density at radius 2 is 1.80 bits per heavy atom. The second-order valence-electron chi connectivity index (χ2n) is 4.83. The Balaban J connectivity index is 1.98. The Morgan fingerprint density at radius 1 is 1.00 bits per heavy atom. The Kier molecular flexibility index (Phi) is 0.735. The summed E-state index contributed by atoms with van der Waals surface area (Å²) in [6.07, 6.45) is 4.66. The van der Waals surface area contributed by atoms with E-state index in [0.29, 0.717) is 0 Å². The van der Waals surface area contributed by atoms with E-state index in [1.807, 2.05) is 0 Å². The predicted molar refractivity (Wildman–Crippen MR) is 41.6 cm³/mol. The van der Waals surface area contributed by atoms with Gasteiger partial charge in [-0.2, -0.15) is 0 Å². The largest absolute Gasteiger partial charge is 0.0619 e. The van der Waals surface area contributed by atoms with E-state index in [9.17, 15) is 0 Å². The van der Waals surface area contributed by atoms with Crippen molar-refractivity contribution < 1.29 is 0 Å². The van der Waals surface area contributed by atoms with Crippen molar-refractivity contribution >= 4 is 0 Å². The van der Waals surface area contributed by atoms with Gasteiger partial charge in [0.2, 0.25) is 0 Å². The second kappa shape index (κ2) is 1.31. The molecule has 0 aliphatic heterocycles. The van der Waals surface area contributed by atoms with Crippen molar-refractivity contribution in [3.63, 3.8) is 0 Å². The highest BCUT2D eigenvalue weighted by Gasteiger charge is 2.77. The third kappa shape index (κ3) is 0.320. The summed E-state index contributed by atoms with van der Waals surface area (Å²) in [6.45, 7) is 4.95. The van der Waals surface area contributed by atoms with E-state index in [4.69, 9.17) is 0 Å². The van der Waals surface area contributed by atoms with Gasteiger partial charge in [0, 0.05) is 0 Å². The van der Waals surface area contributed by atoms with Crippen LogP contribution in [0.1, 0.15) is 33.1 Å². The van der Waals surface area contributed by atoms with Crippen LogP contribution in [0.3, 0.4) is 0 Å². The lowest BCUT2D eigenvalue weighted by molar-refractivity contribution is 0.112. The Hall–Kier alpha value is 0. The maximum absolute atomic E-state index is 2.48. The molecule has 4 unspecified atom stereocenters. The molecule has 10 heavy (non-hydrogen) atoms. The summed E-state index contributed by atoms with van der Waals surface area (Å²) < 4.78 is 0. The topological polar surface area (TPSA) is 0 Å². The van der Waals surface area contributed by atoms with E-state index >= 15 is 0 Å². The third-order valence-electron chi connectivity index (χ3n) is 4.89. The molecular weight excluding hydrogens is 120 g/mol. The Morgan fingerprint density at radius 3 is 2.20 bits per heavy atom. The summed E-state index contributed by atoms with van der Waals surface area (Å²) in [4.78, 5) is 0. The van der Waals surface area contributed by atoms with E-state index in [1.165, 1.54) is 18.3 Å². The van der Waals surface area contributed by atoms with Crippen molar-refractivity contribution in [2.24, 2.45) is 29.1 Å². The molecule has 1 spiro atoms. The first-order chi connectivity index (χ1) is 4.78. The van der Waals surface area contributed by atoms with Gasteiger partial charge in [0.05, 0.1) is 0 Å². The second-order valence-corrected chi connectivity index (χ2v) is 4.83. The molecule has 0 amide bonds. The van der Waals surface area contributed by atoms with Gasteiger partial charge in [0.15, 0.2) is 0 Å². The highest BCUT2D eigenvalue weighted by Crippen LogP contribution is 2.83. The van der Waals surface area contributed by atoms with E-state index < -0.39 is 0 Å². The average Bonchev–Trinajstić information content (AvgIpc) is 2.22. The molecule has 3 saturated carbocycles. The number of hydrogen-bond donors (Lipinski definition) is 0. The fourth-order valence-corrected chi connectivity index (χ4v) is 4.46. The zero-order valence-electron chi connectivity index (χ0n) is 6.93. The molecule has 0 saturated heterocycles. The SMILES string of the molecule is CC1CC[C@@H]2C3CC(C)C132. The predicted octanol–water partition coefficient (Wildman–Crippen LogP) is 2.69. The van der Waals surface area contributed by atoms with Gasteiger partial charge in [-0.05, 0) is 48.3 Å². The van der Waals surface area contributed by atoms with Crippen LogP contribution in [0.4, 0.5) is 0 Å². The minimum absolute atomic E-state index is 0.917. The van der Waals surface area contributed by atoms with Crippen LogP contribution in [0.5, 0.6) is 0 Å². The van der Waals surface area contributed by atoms with Crippen LogP contribution in [0.2, 0.25) is 0 Å². The van der Waals surface area contributed by atoms with Gasteiger partial charge < -0.3 is 0 Å². The Labute approximate surface area is 63.0 Å². The van der Waals surface area contributed by atoms with Gasteiger partial charge >= 0.3 is 0 Å². The lowest BCUT2D eigenvalue weighted by atomic mass is 9.67. The highest BCUT2D eigenvalue weighted by molar-refractivity contribution is 5.25. The summed E-state index contributed by atoms with van der Waals surface area (Å²) in [5.41, 5.74) is 0.917. The molecule has 0 radical (unpaired) electrons. The molecule has 0 N–H and O–H groups in total. The third-order valence-corrected chi connectivity index (χ3v) is 4.89. The Bertz CT molecular complexity index is 174. The summed E-state index contributed by atoms with van der Waals surface area (Å²) in [5, 5.41) is 0. The van der Waals surface area contributed by atoms with Gasteiger partial charge in [-0.1, -0.05) is 13.8 Å². The van der Waals surface area contributed by atoms with Crippen LogP contribution in [-0.2, 0) is 0 Å². The van der Waals surface area contributed by atoms with E-state index in [0.717, 1.165) is 17.3 Å². The van der Waals surface area contributed by atoms with Gasteiger partial charge in [-0.15, -0.1) is 0 Å². The summed E-state index contributed by atoms with van der Waals surface area (Å²) >= 11 is 0. The normalized spacial score (nSPS) is 70.2. The first-order valence-corrected chi connectivity index (χ1v) is 4.78. The van der Waals surface area contributed by atoms with Gasteiger partial charge in [-0.3, -0.25) is 0 Å². The van der Waals surface area contributed by atoms with Crippen LogP contribution >= 0.6 is 0 Å². The van der Waals surface area contributed by atoms with Crippen molar-refractivity contribution in [2.75, 3.05) is 0 Å². The van der Waals surface area contributed by atoms with Crippen molar-refractivity contribution in [3.8, 4) is 0 Å². The smallest absolute Gasteiger partial charge is 0.0184 e. The molecule has 0 heteroatoms. The first kappa shape index (κ1) is 5.62. The van der Waals surface area contributed by atoms with Gasteiger partial charge in [0.25, 0.3) is 0 Å². The molecule has 0 aromatic rings. The zero-order chi connectivity index (χ0) is 6.93. The van der Waals surface area contributed by atoms with Crippen LogP contribution < -0.4 is 0 Å². The van der Waals surface area contributed by atoms with Crippen LogP contribution in [-0.4, -0.2) is 0 Å². The monoisotopic (exact) mass is 136 g/mol. The van der Waals surface area contributed by atoms with E-state index in [-0.39, 0.29) is 0 Å². The molecule has 0 nitrogen and oxygen atoms in total. The number of hydrogen-bond acceptors (Lipinski definition) is 0. The maximum atomic E-state index is 2.48. The quantitative estimate of drug-likeness (QED) is 0.480.